The summed E-state index contributed by atoms with van der Waals surface area (Å²) in [6.45, 7) is 6.08. The molecule has 0 saturated carbocycles. The van der Waals surface area contributed by atoms with Gasteiger partial charge in [-0.05, 0) is 37.0 Å². The number of nitrogens with zero attached hydrogens (tertiary/aromatic N) is 1. The monoisotopic (exact) mass is 276 g/mol. The van der Waals surface area contributed by atoms with Crippen LogP contribution in [-0.2, 0) is 4.79 Å². The Morgan fingerprint density at radius 1 is 1.50 bits per heavy atom. The molecule has 1 amide bonds. The molecule has 1 aliphatic rings. The average molecular weight is 276 g/mol. The Morgan fingerprint density at radius 3 is 3.00 bits per heavy atom. The summed E-state index contributed by atoms with van der Waals surface area (Å²) in [4.78, 5) is 14.0. The van der Waals surface area contributed by atoms with E-state index in [2.05, 4.69) is 6.92 Å². The van der Waals surface area contributed by atoms with Crippen LogP contribution in [0.1, 0.15) is 25.3 Å². The zero-order chi connectivity index (χ0) is 14.5. The van der Waals surface area contributed by atoms with Gasteiger partial charge in [0.25, 0.3) is 0 Å². The molecule has 4 nitrogen and oxygen atoms in total. The molecule has 2 rings (SSSR count). The lowest BCUT2D eigenvalue weighted by molar-refractivity contribution is -0.133. The van der Waals surface area contributed by atoms with Crippen LogP contribution in [0.4, 0.5) is 0 Å². The summed E-state index contributed by atoms with van der Waals surface area (Å²) in [5, 5.41) is 0. The minimum absolute atomic E-state index is 0.102. The second-order valence-electron chi connectivity index (χ2n) is 5.68. The number of rotatable bonds is 4. The molecule has 0 bridgehead atoms. The first-order valence-electron chi connectivity index (χ1n) is 7.29. The van der Waals surface area contributed by atoms with E-state index in [9.17, 15) is 4.79 Å². The van der Waals surface area contributed by atoms with Gasteiger partial charge in [0.05, 0.1) is 13.0 Å². The number of benzene rings is 1. The van der Waals surface area contributed by atoms with Crippen molar-refractivity contribution in [3.8, 4) is 5.75 Å². The van der Waals surface area contributed by atoms with E-state index in [0.717, 1.165) is 24.3 Å². The molecule has 1 aliphatic heterocycles. The standard InChI is InChI=1S/C16H24N2O2/c1-12-4-3-5-14(10-12)20-9-7-16(19)18-8-6-13(2)15(17)11-18/h3-5,10,13,15H,6-9,11,17H2,1-2H3. The van der Waals surface area contributed by atoms with E-state index in [4.69, 9.17) is 10.5 Å². The van der Waals surface area contributed by atoms with E-state index in [-0.39, 0.29) is 11.9 Å². The first-order valence-corrected chi connectivity index (χ1v) is 7.29. The first kappa shape index (κ1) is 14.9. The minimum Gasteiger partial charge on any atom is -0.493 e. The number of carbonyl (C=O) groups is 1. The highest BCUT2D eigenvalue weighted by Crippen LogP contribution is 2.17. The number of amides is 1. The van der Waals surface area contributed by atoms with Crippen molar-refractivity contribution in [1.29, 1.82) is 0 Å². The number of nitrogens with two attached hydrogens (primary N) is 1. The first-order chi connectivity index (χ1) is 9.56. The highest BCUT2D eigenvalue weighted by Gasteiger charge is 2.25. The zero-order valence-corrected chi connectivity index (χ0v) is 12.3. The second-order valence-corrected chi connectivity index (χ2v) is 5.68. The number of ether oxygens (including phenoxy) is 1. The van der Waals surface area contributed by atoms with E-state index >= 15 is 0 Å². The van der Waals surface area contributed by atoms with Gasteiger partial charge in [0, 0.05) is 19.1 Å². The topological polar surface area (TPSA) is 55.6 Å². The van der Waals surface area contributed by atoms with Crippen LogP contribution in [0.5, 0.6) is 5.75 Å². The van der Waals surface area contributed by atoms with Crippen molar-refractivity contribution in [2.24, 2.45) is 11.7 Å². The number of hydrogen-bond acceptors (Lipinski definition) is 3. The Kier molecular flexibility index (Phi) is 5.01. The molecule has 1 aromatic rings. The SMILES string of the molecule is Cc1cccc(OCCC(=O)N2CCC(C)C(N)C2)c1. The molecule has 2 atom stereocenters. The summed E-state index contributed by atoms with van der Waals surface area (Å²) < 4.78 is 5.62. The van der Waals surface area contributed by atoms with Crippen molar-refractivity contribution in [3.05, 3.63) is 29.8 Å². The fraction of sp³-hybridized carbons (Fsp3) is 0.562. The molecule has 1 saturated heterocycles. The fourth-order valence-corrected chi connectivity index (χ4v) is 2.45. The smallest absolute Gasteiger partial charge is 0.226 e. The lowest BCUT2D eigenvalue weighted by Crippen LogP contribution is -2.49. The lowest BCUT2D eigenvalue weighted by atomic mass is 9.94. The summed E-state index contributed by atoms with van der Waals surface area (Å²) in [5.41, 5.74) is 7.17. The summed E-state index contributed by atoms with van der Waals surface area (Å²) in [5.74, 6) is 1.46. The maximum absolute atomic E-state index is 12.1. The molecule has 110 valence electrons. The van der Waals surface area contributed by atoms with Crippen molar-refractivity contribution < 1.29 is 9.53 Å². The molecule has 2 unspecified atom stereocenters. The Labute approximate surface area is 120 Å². The van der Waals surface area contributed by atoms with Gasteiger partial charge >= 0.3 is 0 Å². The van der Waals surface area contributed by atoms with Crippen LogP contribution in [0.3, 0.4) is 0 Å². The Morgan fingerprint density at radius 2 is 2.30 bits per heavy atom. The van der Waals surface area contributed by atoms with Crippen LogP contribution < -0.4 is 10.5 Å². The van der Waals surface area contributed by atoms with E-state index in [1.165, 1.54) is 0 Å². The third-order valence-corrected chi connectivity index (χ3v) is 3.94. The van der Waals surface area contributed by atoms with Gasteiger partial charge in [-0.3, -0.25) is 4.79 Å². The molecule has 2 N–H and O–H groups in total. The molecule has 0 spiro atoms. The van der Waals surface area contributed by atoms with Crippen molar-refractivity contribution >= 4 is 5.91 Å². The van der Waals surface area contributed by atoms with E-state index in [1.54, 1.807) is 0 Å². The maximum atomic E-state index is 12.1. The van der Waals surface area contributed by atoms with Gasteiger partial charge in [0.15, 0.2) is 0 Å². The van der Waals surface area contributed by atoms with Crippen LogP contribution in [0.25, 0.3) is 0 Å². The van der Waals surface area contributed by atoms with E-state index in [1.807, 2.05) is 36.1 Å². The molecule has 4 heteroatoms. The zero-order valence-electron chi connectivity index (χ0n) is 12.3. The Bertz CT molecular complexity index is 462. The van der Waals surface area contributed by atoms with Crippen molar-refractivity contribution in [1.82, 2.24) is 4.90 Å². The van der Waals surface area contributed by atoms with Gasteiger partial charge in [0.2, 0.25) is 5.91 Å². The summed E-state index contributed by atoms with van der Waals surface area (Å²) in [6.07, 6.45) is 1.40. The van der Waals surface area contributed by atoms with Crippen LogP contribution in [0.2, 0.25) is 0 Å². The van der Waals surface area contributed by atoms with Gasteiger partial charge < -0.3 is 15.4 Å². The molecule has 0 aromatic heterocycles. The Balaban J connectivity index is 1.75. The highest BCUT2D eigenvalue weighted by atomic mass is 16.5. The highest BCUT2D eigenvalue weighted by molar-refractivity contribution is 5.76. The number of piperidine rings is 1. The summed E-state index contributed by atoms with van der Waals surface area (Å²) in [6, 6.07) is 7.97. The van der Waals surface area contributed by atoms with Crippen molar-refractivity contribution in [3.63, 3.8) is 0 Å². The predicted molar refractivity (Wildman–Crippen MR) is 79.6 cm³/mol. The van der Waals surface area contributed by atoms with Crippen LogP contribution in [0, 0.1) is 12.8 Å². The van der Waals surface area contributed by atoms with Crippen molar-refractivity contribution in [2.45, 2.75) is 32.7 Å². The third kappa shape index (κ3) is 3.97. The molecular formula is C16H24N2O2. The predicted octanol–water partition coefficient (Wildman–Crippen LogP) is 1.96. The quantitative estimate of drug-likeness (QED) is 0.914. The van der Waals surface area contributed by atoms with Crippen LogP contribution >= 0.6 is 0 Å². The summed E-state index contributed by atoms with van der Waals surface area (Å²) >= 11 is 0. The van der Waals surface area contributed by atoms with Gasteiger partial charge in [-0.15, -0.1) is 0 Å². The third-order valence-electron chi connectivity index (χ3n) is 3.94. The molecule has 0 radical (unpaired) electrons. The van der Waals surface area contributed by atoms with Crippen molar-refractivity contribution in [2.75, 3.05) is 19.7 Å². The van der Waals surface area contributed by atoms with E-state index < -0.39 is 0 Å². The van der Waals surface area contributed by atoms with Gasteiger partial charge in [-0.25, -0.2) is 0 Å². The number of aryl methyl sites for hydroxylation is 1. The summed E-state index contributed by atoms with van der Waals surface area (Å²) in [7, 11) is 0. The van der Waals surface area contributed by atoms with Gasteiger partial charge in [-0.1, -0.05) is 19.1 Å². The Hall–Kier alpha value is -1.55. The minimum atomic E-state index is 0.102. The van der Waals surface area contributed by atoms with E-state index in [0.29, 0.717) is 25.5 Å². The number of likely N-dealkylation sites (tertiary alicyclic amines) is 1. The molecule has 20 heavy (non-hydrogen) atoms. The molecule has 1 aromatic carbocycles. The van der Waals surface area contributed by atoms with Crippen LogP contribution in [0.15, 0.2) is 24.3 Å². The second kappa shape index (κ2) is 6.75. The molecular weight excluding hydrogens is 252 g/mol. The van der Waals surface area contributed by atoms with Gasteiger partial charge in [0.1, 0.15) is 5.75 Å². The van der Waals surface area contributed by atoms with Gasteiger partial charge in [-0.2, -0.15) is 0 Å². The van der Waals surface area contributed by atoms with Crippen LogP contribution in [-0.4, -0.2) is 36.5 Å². The molecule has 1 heterocycles. The number of hydrogen-bond donors (Lipinski definition) is 1. The molecule has 0 aliphatic carbocycles. The number of carbonyl (C=O) groups excluding carboxylic acids is 1. The largest absolute Gasteiger partial charge is 0.493 e. The average Bonchev–Trinajstić information content (AvgIpc) is 2.42. The molecule has 1 fully saturated rings. The lowest BCUT2D eigenvalue weighted by Gasteiger charge is -2.35. The maximum Gasteiger partial charge on any atom is 0.226 e. The normalized spacial score (nSPS) is 22.6. The fourth-order valence-electron chi connectivity index (χ4n) is 2.45.